The molecule has 0 aromatic rings. The normalized spacial score (nSPS) is 22.2. The van der Waals surface area contributed by atoms with Gasteiger partial charge in [0, 0.05) is 12.0 Å². The van der Waals surface area contributed by atoms with Crippen molar-refractivity contribution in [3.8, 4) is 6.07 Å². The Balaban J connectivity index is 1.99. The lowest BCUT2D eigenvalue weighted by Crippen LogP contribution is -2.42. The zero-order valence-electron chi connectivity index (χ0n) is 9.82. The summed E-state index contributed by atoms with van der Waals surface area (Å²) in [6.07, 6.45) is 9.05. The minimum atomic E-state index is 0.217. The molecule has 2 aliphatic carbocycles. The highest BCUT2D eigenvalue weighted by atomic mass is 16.2. The molecule has 88 valence electrons. The molecule has 0 spiro atoms. The van der Waals surface area contributed by atoms with Crippen LogP contribution in [0, 0.1) is 17.2 Å². The first-order valence-corrected chi connectivity index (χ1v) is 6.50. The Labute approximate surface area is 97.4 Å². The van der Waals surface area contributed by atoms with Crippen LogP contribution in [0.15, 0.2) is 0 Å². The van der Waals surface area contributed by atoms with Gasteiger partial charge in [0.2, 0.25) is 5.91 Å². The van der Waals surface area contributed by atoms with E-state index >= 15 is 0 Å². The molecule has 0 saturated heterocycles. The van der Waals surface area contributed by atoms with Gasteiger partial charge in [0.15, 0.2) is 0 Å². The fourth-order valence-corrected chi connectivity index (χ4v) is 3.09. The van der Waals surface area contributed by atoms with Gasteiger partial charge in [0.05, 0.1) is 6.07 Å². The minimum absolute atomic E-state index is 0.217. The maximum absolute atomic E-state index is 12.3. The molecule has 2 rings (SSSR count). The zero-order valence-corrected chi connectivity index (χ0v) is 9.82. The predicted molar refractivity (Wildman–Crippen MR) is 61.5 cm³/mol. The molecular weight excluding hydrogens is 200 g/mol. The highest BCUT2D eigenvalue weighted by molar-refractivity contribution is 5.79. The Hall–Kier alpha value is -1.04. The molecule has 0 N–H and O–H groups in total. The summed E-state index contributed by atoms with van der Waals surface area (Å²) in [7, 11) is 0. The molecule has 1 amide bonds. The summed E-state index contributed by atoms with van der Waals surface area (Å²) < 4.78 is 0. The van der Waals surface area contributed by atoms with Crippen LogP contribution in [0.4, 0.5) is 0 Å². The van der Waals surface area contributed by atoms with Gasteiger partial charge in [-0.15, -0.1) is 0 Å². The molecule has 2 fully saturated rings. The third-order valence-electron chi connectivity index (χ3n) is 3.99. The first kappa shape index (κ1) is 11.4. The number of carbonyl (C=O) groups is 1. The van der Waals surface area contributed by atoms with Crippen molar-refractivity contribution in [1.29, 1.82) is 5.26 Å². The van der Waals surface area contributed by atoms with Crippen molar-refractivity contribution in [1.82, 2.24) is 4.90 Å². The summed E-state index contributed by atoms with van der Waals surface area (Å²) in [5, 5.41) is 8.84. The van der Waals surface area contributed by atoms with E-state index in [1.165, 1.54) is 25.7 Å². The van der Waals surface area contributed by atoms with E-state index in [9.17, 15) is 4.79 Å². The van der Waals surface area contributed by atoms with Gasteiger partial charge in [-0.05, 0) is 25.7 Å². The fraction of sp³-hybridized carbons (Fsp3) is 0.846. The maximum atomic E-state index is 12.3. The van der Waals surface area contributed by atoms with Crippen LogP contribution in [0.5, 0.6) is 0 Å². The Morgan fingerprint density at radius 2 is 1.69 bits per heavy atom. The molecule has 0 aromatic heterocycles. The zero-order chi connectivity index (χ0) is 11.4. The Bertz CT molecular complexity index is 283. The third-order valence-corrected chi connectivity index (χ3v) is 3.99. The summed E-state index contributed by atoms with van der Waals surface area (Å²) in [4.78, 5) is 14.2. The van der Waals surface area contributed by atoms with Gasteiger partial charge in [-0.3, -0.25) is 4.79 Å². The van der Waals surface area contributed by atoms with Crippen LogP contribution in [-0.4, -0.2) is 23.4 Å². The van der Waals surface area contributed by atoms with Gasteiger partial charge in [-0.25, -0.2) is 0 Å². The lowest BCUT2D eigenvalue weighted by molar-refractivity contribution is -0.136. The molecule has 0 aromatic carbocycles. The SMILES string of the molecule is N#CCN(C(=O)C1CCCC1)C1CCCC1. The molecule has 0 bridgehead atoms. The minimum Gasteiger partial charge on any atom is -0.326 e. The number of nitriles is 1. The van der Waals surface area contributed by atoms with E-state index < -0.39 is 0 Å². The molecule has 0 unspecified atom stereocenters. The Morgan fingerprint density at radius 1 is 1.12 bits per heavy atom. The molecule has 0 atom stereocenters. The first-order valence-electron chi connectivity index (χ1n) is 6.50. The average Bonchev–Trinajstić information content (AvgIpc) is 2.96. The molecule has 16 heavy (non-hydrogen) atoms. The summed E-state index contributed by atoms with van der Waals surface area (Å²) >= 11 is 0. The smallest absolute Gasteiger partial charge is 0.226 e. The van der Waals surface area contributed by atoms with Crippen LogP contribution in [0.3, 0.4) is 0 Å². The average molecular weight is 220 g/mol. The molecule has 3 heteroatoms. The quantitative estimate of drug-likeness (QED) is 0.686. The number of carbonyl (C=O) groups excluding carboxylic acids is 1. The first-order chi connectivity index (χ1) is 7.83. The van der Waals surface area contributed by atoms with Crippen LogP contribution in [-0.2, 0) is 4.79 Å². The summed E-state index contributed by atoms with van der Waals surface area (Å²) in [5.41, 5.74) is 0. The number of hydrogen-bond donors (Lipinski definition) is 0. The van der Waals surface area contributed by atoms with Crippen LogP contribution >= 0.6 is 0 Å². The van der Waals surface area contributed by atoms with Gasteiger partial charge in [-0.2, -0.15) is 5.26 Å². The van der Waals surface area contributed by atoms with Gasteiger partial charge in [0.25, 0.3) is 0 Å². The molecule has 0 heterocycles. The van der Waals surface area contributed by atoms with E-state index in [1.807, 2.05) is 4.90 Å². The Morgan fingerprint density at radius 3 is 2.25 bits per heavy atom. The van der Waals surface area contributed by atoms with Crippen molar-refractivity contribution in [3.05, 3.63) is 0 Å². The van der Waals surface area contributed by atoms with Gasteiger partial charge >= 0.3 is 0 Å². The van der Waals surface area contributed by atoms with Crippen molar-refractivity contribution < 1.29 is 4.79 Å². The highest BCUT2D eigenvalue weighted by Gasteiger charge is 2.32. The second-order valence-corrected chi connectivity index (χ2v) is 5.04. The predicted octanol–water partition coefficient (Wildman–Crippen LogP) is 2.47. The van der Waals surface area contributed by atoms with E-state index in [-0.39, 0.29) is 11.8 Å². The third kappa shape index (κ3) is 2.37. The molecule has 0 radical (unpaired) electrons. The second-order valence-electron chi connectivity index (χ2n) is 5.04. The monoisotopic (exact) mass is 220 g/mol. The van der Waals surface area contributed by atoms with E-state index in [1.54, 1.807) is 0 Å². The number of hydrogen-bond acceptors (Lipinski definition) is 2. The van der Waals surface area contributed by atoms with E-state index in [0.717, 1.165) is 25.7 Å². The topological polar surface area (TPSA) is 44.1 Å². The molecule has 3 nitrogen and oxygen atoms in total. The number of amides is 1. The van der Waals surface area contributed by atoms with Crippen molar-refractivity contribution >= 4 is 5.91 Å². The number of rotatable bonds is 3. The molecular formula is C13H20N2O. The molecule has 2 saturated carbocycles. The van der Waals surface area contributed by atoms with Crippen LogP contribution < -0.4 is 0 Å². The van der Waals surface area contributed by atoms with Crippen molar-refractivity contribution in [2.24, 2.45) is 5.92 Å². The van der Waals surface area contributed by atoms with Crippen molar-refractivity contribution in [2.75, 3.05) is 6.54 Å². The van der Waals surface area contributed by atoms with E-state index in [2.05, 4.69) is 6.07 Å². The molecule has 0 aliphatic heterocycles. The maximum Gasteiger partial charge on any atom is 0.226 e. The van der Waals surface area contributed by atoms with Crippen molar-refractivity contribution in [3.63, 3.8) is 0 Å². The van der Waals surface area contributed by atoms with Gasteiger partial charge in [-0.1, -0.05) is 25.7 Å². The lowest BCUT2D eigenvalue weighted by atomic mass is 10.0. The number of nitrogens with zero attached hydrogens (tertiary/aromatic N) is 2. The summed E-state index contributed by atoms with van der Waals surface area (Å²) in [6, 6.07) is 2.51. The standard InChI is InChI=1S/C13H20N2O/c14-9-10-15(12-7-3-4-8-12)13(16)11-5-1-2-6-11/h11-12H,1-8,10H2. The summed E-state index contributed by atoms with van der Waals surface area (Å²) in [5.74, 6) is 0.472. The van der Waals surface area contributed by atoms with Crippen LogP contribution in [0.2, 0.25) is 0 Å². The largest absolute Gasteiger partial charge is 0.326 e. The second kappa shape index (κ2) is 5.34. The van der Waals surface area contributed by atoms with Gasteiger partial charge < -0.3 is 4.90 Å². The lowest BCUT2D eigenvalue weighted by Gasteiger charge is -2.29. The summed E-state index contributed by atoms with van der Waals surface area (Å²) in [6.45, 7) is 0.292. The highest BCUT2D eigenvalue weighted by Crippen LogP contribution is 2.30. The van der Waals surface area contributed by atoms with Crippen LogP contribution in [0.25, 0.3) is 0 Å². The Kier molecular flexibility index (Phi) is 3.82. The van der Waals surface area contributed by atoms with Crippen LogP contribution in [0.1, 0.15) is 51.4 Å². The van der Waals surface area contributed by atoms with Gasteiger partial charge in [0.1, 0.15) is 6.54 Å². The fourth-order valence-electron chi connectivity index (χ4n) is 3.09. The van der Waals surface area contributed by atoms with E-state index in [4.69, 9.17) is 5.26 Å². The van der Waals surface area contributed by atoms with Crippen molar-refractivity contribution in [2.45, 2.75) is 57.4 Å². The van der Waals surface area contributed by atoms with E-state index in [0.29, 0.717) is 12.6 Å². The molecule has 2 aliphatic rings.